The molecule has 2 rings (SSSR count). The highest BCUT2D eigenvalue weighted by molar-refractivity contribution is 5.76. The van der Waals surface area contributed by atoms with Crippen LogP contribution in [0, 0.1) is 12.7 Å². The maximum Gasteiger partial charge on any atom is 0.221 e. The van der Waals surface area contributed by atoms with Gasteiger partial charge in [0.1, 0.15) is 5.82 Å². The fourth-order valence-electron chi connectivity index (χ4n) is 2.16. The number of halogens is 1. The van der Waals surface area contributed by atoms with Crippen LogP contribution in [-0.4, -0.2) is 12.5 Å². The predicted octanol–water partition coefficient (Wildman–Crippen LogP) is 2.93. The first-order valence-corrected chi connectivity index (χ1v) is 7.42. The zero-order valence-electron chi connectivity index (χ0n) is 12.7. The molecular weight excluding hydrogens is 279 g/mol. The smallest absolute Gasteiger partial charge is 0.221 e. The average Bonchev–Trinajstić information content (AvgIpc) is 2.52. The molecule has 1 amide bonds. The zero-order valence-corrected chi connectivity index (χ0v) is 12.7. The number of carbonyl (C=O) groups is 1. The van der Waals surface area contributed by atoms with Gasteiger partial charge >= 0.3 is 0 Å². The molecule has 3 nitrogen and oxygen atoms in total. The maximum absolute atomic E-state index is 13.4. The van der Waals surface area contributed by atoms with E-state index >= 15 is 0 Å². The van der Waals surface area contributed by atoms with Crippen LogP contribution in [-0.2, 0) is 17.9 Å². The Hall–Kier alpha value is -2.20. The highest BCUT2D eigenvalue weighted by atomic mass is 19.1. The number of hydrogen-bond acceptors (Lipinski definition) is 2. The van der Waals surface area contributed by atoms with Gasteiger partial charge in [-0.2, -0.15) is 0 Å². The lowest BCUT2D eigenvalue weighted by atomic mass is 10.1. The molecule has 0 aromatic heterocycles. The molecule has 2 N–H and O–H groups in total. The molecule has 0 saturated carbocycles. The molecule has 0 spiro atoms. The molecular formula is C18H21FN2O. The summed E-state index contributed by atoms with van der Waals surface area (Å²) in [5, 5.41) is 5.98. The summed E-state index contributed by atoms with van der Waals surface area (Å²) in [5.41, 5.74) is 2.97. The van der Waals surface area contributed by atoms with Crippen LogP contribution in [0.2, 0.25) is 0 Å². The number of carbonyl (C=O) groups excluding carboxylic acids is 1. The standard InChI is InChI=1S/C18H21FN2O/c1-14-6-2-3-7-15(14)12-20-11-10-18(22)21-13-16-8-4-5-9-17(16)19/h2-9,20H,10-13H2,1H3,(H,21,22). The second kappa shape index (κ2) is 8.29. The van der Waals surface area contributed by atoms with E-state index in [4.69, 9.17) is 0 Å². The van der Waals surface area contributed by atoms with Crippen LogP contribution in [0.1, 0.15) is 23.1 Å². The molecule has 0 aliphatic heterocycles. The second-order valence-electron chi connectivity index (χ2n) is 5.22. The lowest BCUT2D eigenvalue weighted by Gasteiger charge is -2.08. The minimum Gasteiger partial charge on any atom is -0.352 e. The molecule has 0 unspecified atom stereocenters. The summed E-state index contributed by atoms with van der Waals surface area (Å²) >= 11 is 0. The fraction of sp³-hybridized carbons (Fsp3) is 0.278. The van der Waals surface area contributed by atoms with E-state index in [1.165, 1.54) is 17.2 Å². The third-order valence-corrected chi connectivity index (χ3v) is 3.54. The molecule has 2 aromatic rings. The highest BCUT2D eigenvalue weighted by Crippen LogP contribution is 2.06. The molecule has 0 fully saturated rings. The van der Waals surface area contributed by atoms with Gasteiger partial charge in [-0.3, -0.25) is 4.79 Å². The van der Waals surface area contributed by atoms with Gasteiger partial charge < -0.3 is 10.6 Å². The van der Waals surface area contributed by atoms with Crippen LogP contribution in [0.15, 0.2) is 48.5 Å². The van der Waals surface area contributed by atoms with Crippen molar-refractivity contribution in [3.05, 3.63) is 71.0 Å². The summed E-state index contributed by atoms with van der Waals surface area (Å²) in [6.07, 6.45) is 0.375. The molecule has 0 atom stereocenters. The molecule has 0 aliphatic carbocycles. The average molecular weight is 300 g/mol. The number of nitrogens with one attached hydrogen (secondary N) is 2. The van der Waals surface area contributed by atoms with Gasteiger partial charge in [-0.15, -0.1) is 0 Å². The Morgan fingerprint density at radius 2 is 1.68 bits per heavy atom. The second-order valence-corrected chi connectivity index (χ2v) is 5.22. The van der Waals surface area contributed by atoms with E-state index < -0.39 is 0 Å². The lowest BCUT2D eigenvalue weighted by Crippen LogP contribution is -2.27. The summed E-state index contributed by atoms with van der Waals surface area (Å²) in [6, 6.07) is 14.6. The molecule has 0 saturated heterocycles. The third-order valence-electron chi connectivity index (χ3n) is 3.54. The van der Waals surface area contributed by atoms with Crippen molar-refractivity contribution in [3.8, 4) is 0 Å². The van der Waals surface area contributed by atoms with Crippen molar-refractivity contribution in [2.45, 2.75) is 26.4 Å². The summed E-state index contributed by atoms with van der Waals surface area (Å²) in [6.45, 7) is 3.63. The highest BCUT2D eigenvalue weighted by Gasteiger charge is 2.04. The van der Waals surface area contributed by atoms with Gasteiger partial charge in [-0.1, -0.05) is 42.5 Å². The molecule has 22 heavy (non-hydrogen) atoms. The quantitative estimate of drug-likeness (QED) is 0.772. The molecule has 0 aliphatic rings. The Labute approximate surface area is 130 Å². The van der Waals surface area contributed by atoms with Crippen molar-refractivity contribution in [2.75, 3.05) is 6.54 Å². The number of amides is 1. The SMILES string of the molecule is Cc1ccccc1CNCCC(=O)NCc1ccccc1F. The zero-order chi connectivity index (χ0) is 15.8. The summed E-state index contributed by atoms with van der Waals surface area (Å²) < 4.78 is 13.4. The molecule has 0 heterocycles. The van der Waals surface area contributed by atoms with E-state index in [1.54, 1.807) is 18.2 Å². The van der Waals surface area contributed by atoms with Gasteiger partial charge in [-0.05, 0) is 24.1 Å². The minimum atomic E-state index is -0.291. The topological polar surface area (TPSA) is 41.1 Å². The first-order valence-electron chi connectivity index (χ1n) is 7.42. The third kappa shape index (κ3) is 4.97. The summed E-state index contributed by atoms with van der Waals surface area (Å²) in [7, 11) is 0. The van der Waals surface area contributed by atoms with E-state index in [0.29, 0.717) is 18.5 Å². The Morgan fingerprint density at radius 1 is 1.00 bits per heavy atom. The number of rotatable bonds is 7. The fourth-order valence-corrected chi connectivity index (χ4v) is 2.16. The molecule has 0 radical (unpaired) electrons. The summed E-state index contributed by atoms with van der Waals surface area (Å²) in [5.74, 6) is -0.374. The van der Waals surface area contributed by atoms with Crippen molar-refractivity contribution in [2.24, 2.45) is 0 Å². The largest absolute Gasteiger partial charge is 0.352 e. The van der Waals surface area contributed by atoms with Crippen molar-refractivity contribution in [1.82, 2.24) is 10.6 Å². The molecule has 4 heteroatoms. The van der Waals surface area contributed by atoms with Crippen molar-refractivity contribution in [3.63, 3.8) is 0 Å². The van der Waals surface area contributed by atoms with Crippen LogP contribution in [0.4, 0.5) is 4.39 Å². The number of hydrogen-bond donors (Lipinski definition) is 2. The Bertz CT molecular complexity index is 628. The van der Waals surface area contributed by atoms with Gasteiger partial charge in [0.15, 0.2) is 0 Å². The van der Waals surface area contributed by atoms with Gasteiger partial charge in [0.05, 0.1) is 0 Å². The van der Waals surface area contributed by atoms with Crippen LogP contribution >= 0.6 is 0 Å². The first kappa shape index (κ1) is 16.2. The van der Waals surface area contributed by atoms with Crippen LogP contribution in [0.5, 0.6) is 0 Å². The first-order chi connectivity index (χ1) is 10.7. The minimum absolute atomic E-state index is 0.0828. The van der Waals surface area contributed by atoms with Gasteiger partial charge in [0.2, 0.25) is 5.91 Å². The molecule has 0 bridgehead atoms. The Kier molecular flexibility index (Phi) is 6.10. The van der Waals surface area contributed by atoms with Crippen LogP contribution in [0.3, 0.4) is 0 Å². The Balaban J connectivity index is 1.66. The van der Waals surface area contributed by atoms with Crippen molar-refractivity contribution in [1.29, 1.82) is 0 Å². The van der Waals surface area contributed by atoms with E-state index in [9.17, 15) is 9.18 Å². The van der Waals surface area contributed by atoms with E-state index in [0.717, 1.165) is 6.54 Å². The maximum atomic E-state index is 13.4. The van der Waals surface area contributed by atoms with E-state index in [-0.39, 0.29) is 18.3 Å². The van der Waals surface area contributed by atoms with Crippen molar-refractivity contribution >= 4 is 5.91 Å². The predicted molar refractivity (Wildman–Crippen MR) is 85.7 cm³/mol. The van der Waals surface area contributed by atoms with Crippen LogP contribution < -0.4 is 10.6 Å². The lowest BCUT2D eigenvalue weighted by molar-refractivity contribution is -0.121. The number of benzene rings is 2. The number of aryl methyl sites for hydroxylation is 1. The van der Waals surface area contributed by atoms with Gasteiger partial charge in [-0.25, -0.2) is 4.39 Å². The normalized spacial score (nSPS) is 10.5. The van der Waals surface area contributed by atoms with Crippen molar-refractivity contribution < 1.29 is 9.18 Å². The van der Waals surface area contributed by atoms with Crippen LogP contribution in [0.25, 0.3) is 0 Å². The molecule has 2 aromatic carbocycles. The summed E-state index contributed by atoms with van der Waals surface area (Å²) in [4.78, 5) is 11.7. The van der Waals surface area contributed by atoms with E-state index in [2.05, 4.69) is 29.7 Å². The molecule has 116 valence electrons. The van der Waals surface area contributed by atoms with E-state index in [1.807, 2.05) is 12.1 Å². The monoisotopic (exact) mass is 300 g/mol. The van der Waals surface area contributed by atoms with Gasteiger partial charge in [0, 0.05) is 31.6 Å². The Morgan fingerprint density at radius 3 is 2.41 bits per heavy atom. The van der Waals surface area contributed by atoms with Gasteiger partial charge in [0.25, 0.3) is 0 Å².